The summed E-state index contributed by atoms with van der Waals surface area (Å²) in [6.45, 7) is 0.280. The maximum Gasteiger partial charge on any atom is 0.433 e. The van der Waals surface area contributed by atoms with E-state index in [4.69, 9.17) is 28.5 Å². The second-order valence-electron chi connectivity index (χ2n) is 8.37. The number of carbonyl (C=O) groups is 1. The van der Waals surface area contributed by atoms with Crippen molar-refractivity contribution in [2.24, 2.45) is 0 Å². The highest BCUT2D eigenvalue weighted by atomic mass is 35.5. The molecule has 184 valence electrons. The molecule has 0 bridgehead atoms. The molecule has 35 heavy (non-hydrogen) atoms. The minimum absolute atomic E-state index is 0.156. The molecule has 1 aliphatic carbocycles. The molecule has 1 saturated carbocycles. The van der Waals surface area contributed by atoms with Crippen LogP contribution in [0, 0.1) is 11.3 Å². The molecule has 1 fully saturated rings. The molecule has 0 saturated heterocycles. The third kappa shape index (κ3) is 5.80. The van der Waals surface area contributed by atoms with E-state index in [2.05, 4.69) is 20.7 Å². The Kier molecular flexibility index (Phi) is 7.38. The molecule has 1 aromatic carbocycles. The highest BCUT2D eigenvalue weighted by Gasteiger charge is 2.34. The van der Waals surface area contributed by atoms with Gasteiger partial charge in [0.25, 0.3) is 5.91 Å². The number of carbonyl (C=O) groups excluding carboxylic acids is 1. The molecule has 2 aromatic heterocycles. The van der Waals surface area contributed by atoms with Crippen LogP contribution in [0.4, 0.5) is 18.9 Å². The predicted octanol–water partition coefficient (Wildman–Crippen LogP) is 5.82. The number of anilines is 1. The first-order valence-electron chi connectivity index (χ1n) is 11.0. The quantitative estimate of drug-likeness (QED) is 0.423. The lowest BCUT2D eigenvalue weighted by atomic mass is 9.90. The molecule has 7 nitrogen and oxygen atoms in total. The van der Waals surface area contributed by atoms with E-state index in [1.165, 1.54) is 23.0 Å². The van der Waals surface area contributed by atoms with E-state index in [0.29, 0.717) is 22.5 Å². The lowest BCUT2D eigenvalue weighted by Gasteiger charge is -2.31. The topological polar surface area (TPSA) is 95.6 Å². The highest BCUT2D eigenvalue weighted by molar-refractivity contribution is 6.33. The average molecular weight is 525 g/mol. The van der Waals surface area contributed by atoms with Gasteiger partial charge >= 0.3 is 6.18 Å². The molecule has 4 rings (SSSR count). The Morgan fingerprint density at radius 3 is 2.74 bits per heavy atom. The van der Waals surface area contributed by atoms with Crippen molar-refractivity contribution in [1.82, 2.24) is 20.1 Å². The van der Waals surface area contributed by atoms with Gasteiger partial charge in [0.05, 0.1) is 36.3 Å². The molecule has 1 amide bonds. The molecular formula is C23H21Cl2F3N6O. The Labute approximate surface area is 209 Å². The fourth-order valence-electron chi connectivity index (χ4n) is 4.23. The number of nitriles is 1. The minimum atomic E-state index is -4.59. The summed E-state index contributed by atoms with van der Waals surface area (Å²) >= 11 is 12.3. The molecule has 12 heteroatoms. The van der Waals surface area contributed by atoms with Gasteiger partial charge in [0.1, 0.15) is 10.8 Å². The Morgan fingerprint density at radius 2 is 2.00 bits per heavy atom. The van der Waals surface area contributed by atoms with Crippen molar-refractivity contribution < 1.29 is 18.0 Å². The zero-order chi connectivity index (χ0) is 25.2. The first-order chi connectivity index (χ1) is 16.7. The van der Waals surface area contributed by atoms with E-state index in [-0.39, 0.29) is 47.2 Å². The van der Waals surface area contributed by atoms with Gasteiger partial charge in [0, 0.05) is 28.2 Å². The van der Waals surface area contributed by atoms with Crippen molar-refractivity contribution in [3.63, 3.8) is 0 Å². The van der Waals surface area contributed by atoms with Crippen LogP contribution in [0.3, 0.4) is 0 Å². The van der Waals surface area contributed by atoms with Crippen molar-refractivity contribution in [3.05, 3.63) is 51.9 Å². The fourth-order valence-corrected chi connectivity index (χ4v) is 4.67. The van der Waals surface area contributed by atoms with Gasteiger partial charge in [-0.1, -0.05) is 23.2 Å². The standard InChI is InChI=1S/C23H21Cl2F3N6O/c24-13-5-6-18-16(9-13)19(11-20(33-18)23(26,27)28)31-14-3-1-4-15(10-14)32-22(35)17-12-30-34(21(17)25)8-2-7-29/h5-6,9,11-12,14-15H,1-4,8,10H2,(H,31,33)(H,32,35)/t14-,15+/m0/s1. The summed E-state index contributed by atoms with van der Waals surface area (Å²) in [6.07, 6.45) is -0.288. The number of fused-ring (bicyclic) bond motifs is 1. The Balaban J connectivity index is 1.49. The van der Waals surface area contributed by atoms with Gasteiger partial charge in [0.15, 0.2) is 0 Å². The van der Waals surface area contributed by atoms with Gasteiger partial charge in [-0.25, -0.2) is 4.98 Å². The number of rotatable bonds is 6. The monoisotopic (exact) mass is 524 g/mol. The third-order valence-electron chi connectivity index (χ3n) is 5.89. The van der Waals surface area contributed by atoms with Gasteiger partial charge in [-0.2, -0.15) is 23.5 Å². The minimum Gasteiger partial charge on any atom is -0.382 e. The summed E-state index contributed by atoms with van der Waals surface area (Å²) in [5.74, 6) is -0.385. The van der Waals surface area contributed by atoms with E-state index in [0.717, 1.165) is 25.3 Å². The smallest absolute Gasteiger partial charge is 0.382 e. The summed E-state index contributed by atoms with van der Waals surface area (Å²) in [7, 11) is 0. The number of amides is 1. The molecule has 0 spiro atoms. The molecule has 0 aliphatic heterocycles. The zero-order valence-electron chi connectivity index (χ0n) is 18.4. The van der Waals surface area contributed by atoms with E-state index in [9.17, 15) is 18.0 Å². The number of aromatic nitrogens is 3. The van der Waals surface area contributed by atoms with Crippen molar-refractivity contribution in [3.8, 4) is 6.07 Å². The molecule has 3 aromatic rings. The van der Waals surface area contributed by atoms with Crippen LogP contribution in [-0.4, -0.2) is 32.8 Å². The molecule has 0 radical (unpaired) electrons. The van der Waals surface area contributed by atoms with Crippen LogP contribution >= 0.6 is 23.2 Å². The van der Waals surface area contributed by atoms with Gasteiger partial charge in [-0.3, -0.25) is 9.48 Å². The number of nitrogens with one attached hydrogen (secondary N) is 2. The van der Waals surface area contributed by atoms with Crippen LogP contribution in [0.25, 0.3) is 10.9 Å². The third-order valence-corrected chi connectivity index (χ3v) is 6.52. The average Bonchev–Trinajstić information content (AvgIpc) is 3.17. The maximum atomic E-state index is 13.4. The summed E-state index contributed by atoms with van der Waals surface area (Å²) in [5, 5.41) is 20.0. The van der Waals surface area contributed by atoms with Crippen molar-refractivity contribution in [1.29, 1.82) is 5.26 Å². The summed E-state index contributed by atoms with van der Waals surface area (Å²) in [6, 6.07) is 7.16. The number of nitrogens with zero attached hydrogens (tertiary/aromatic N) is 4. The van der Waals surface area contributed by atoms with Crippen molar-refractivity contribution >= 4 is 45.7 Å². The number of benzene rings is 1. The van der Waals surface area contributed by atoms with Crippen molar-refractivity contribution in [2.45, 2.75) is 56.9 Å². The first kappa shape index (κ1) is 25.1. The Hall–Kier alpha value is -3.03. The molecular weight excluding hydrogens is 504 g/mol. The lowest BCUT2D eigenvalue weighted by Crippen LogP contribution is -2.41. The number of alkyl halides is 3. The van der Waals surface area contributed by atoms with Gasteiger partial charge in [-0.15, -0.1) is 0 Å². The van der Waals surface area contributed by atoms with Crippen LogP contribution in [0.2, 0.25) is 10.2 Å². The SMILES string of the molecule is N#CCCn1ncc(C(=O)N[C@@H]2CCC[C@H](Nc3cc(C(F)(F)F)nc4ccc(Cl)cc34)C2)c1Cl. The normalized spacial score (nSPS) is 18.3. The van der Waals surface area contributed by atoms with Gasteiger partial charge in [0.2, 0.25) is 0 Å². The van der Waals surface area contributed by atoms with Crippen LogP contribution < -0.4 is 10.6 Å². The van der Waals surface area contributed by atoms with Gasteiger partial charge < -0.3 is 10.6 Å². The van der Waals surface area contributed by atoms with Crippen LogP contribution in [0.5, 0.6) is 0 Å². The number of halogens is 5. The Bertz CT molecular complexity index is 1290. The van der Waals surface area contributed by atoms with Gasteiger partial charge in [-0.05, 0) is 49.9 Å². The van der Waals surface area contributed by atoms with E-state index >= 15 is 0 Å². The summed E-state index contributed by atoms with van der Waals surface area (Å²) < 4.78 is 41.7. The summed E-state index contributed by atoms with van der Waals surface area (Å²) in [4.78, 5) is 16.5. The maximum absolute atomic E-state index is 13.4. The predicted molar refractivity (Wildman–Crippen MR) is 126 cm³/mol. The number of aryl methyl sites for hydroxylation is 1. The highest BCUT2D eigenvalue weighted by Crippen LogP contribution is 2.35. The van der Waals surface area contributed by atoms with E-state index in [1.54, 1.807) is 6.07 Å². The molecule has 0 unspecified atom stereocenters. The molecule has 1 aliphatic rings. The first-order valence-corrected chi connectivity index (χ1v) is 11.7. The van der Waals surface area contributed by atoms with E-state index < -0.39 is 11.9 Å². The van der Waals surface area contributed by atoms with E-state index in [1.807, 2.05) is 6.07 Å². The van der Waals surface area contributed by atoms with Crippen LogP contribution in [0.15, 0.2) is 30.5 Å². The van der Waals surface area contributed by atoms with Crippen LogP contribution in [-0.2, 0) is 12.7 Å². The number of pyridine rings is 1. The van der Waals surface area contributed by atoms with Crippen molar-refractivity contribution in [2.75, 3.05) is 5.32 Å². The number of hydrogen-bond acceptors (Lipinski definition) is 5. The largest absolute Gasteiger partial charge is 0.433 e. The lowest BCUT2D eigenvalue weighted by molar-refractivity contribution is -0.140. The summed E-state index contributed by atoms with van der Waals surface area (Å²) in [5.41, 5.74) is -0.290. The number of hydrogen-bond donors (Lipinski definition) is 2. The molecule has 2 atom stereocenters. The zero-order valence-corrected chi connectivity index (χ0v) is 19.9. The Morgan fingerprint density at radius 1 is 1.23 bits per heavy atom. The fraction of sp³-hybridized carbons (Fsp3) is 0.391. The molecule has 2 heterocycles. The second kappa shape index (κ2) is 10.3. The second-order valence-corrected chi connectivity index (χ2v) is 9.17. The molecule has 2 N–H and O–H groups in total. The van der Waals surface area contributed by atoms with Crippen LogP contribution in [0.1, 0.15) is 48.2 Å².